The highest BCUT2D eigenvalue weighted by atomic mass is 16.5. The van der Waals surface area contributed by atoms with Gasteiger partial charge in [0.05, 0.1) is 31.0 Å². The summed E-state index contributed by atoms with van der Waals surface area (Å²) >= 11 is 0. The lowest BCUT2D eigenvalue weighted by Crippen LogP contribution is -2.22. The van der Waals surface area contributed by atoms with Gasteiger partial charge in [0.1, 0.15) is 0 Å². The van der Waals surface area contributed by atoms with E-state index in [-0.39, 0.29) is 18.3 Å². The first-order valence-corrected chi connectivity index (χ1v) is 6.19. The summed E-state index contributed by atoms with van der Waals surface area (Å²) in [4.78, 5) is 11.3. The normalized spacial score (nSPS) is 25.6. The van der Waals surface area contributed by atoms with Crippen molar-refractivity contribution in [2.75, 3.05) is 7.11 Å². The molecule has 1 rings (SSSR count). The lowest BCUT2D eigenvalue weighted by molar-refractivity contribution is -0.137. The van der Waals surface area contributed by atoms with Crippen LogP contribution in [-0.4, -0.2) is 36.5 Å². The molecule has 17 heavy (non-hydrogen) atoms. The summed E-state index contributed by atoms with van der Waals surface area (Å²) in [5.41, 5.74) is 0.375. The Balaban J connectivity index is 2.37. The first-order chi connectivity index (χ1) is 8.08. The maximum absolute atomic E-state index is 11.3. The molecule has 0 bridgehead atoms. The molecular weight excluding hydrogens is 220 g/mol. The van der Waals surface area contributed by atoms with E-state index in [9.17, 15) is 9.90 Å². The summed E-state index contributed by atoms with van der Waals surface area (Å²) in [6.07, 6.45) is 3.51. The largest absolute Gasteiger partial charge is 0.466 e. The number of aliphatic hydroxyl groups is 1. The molecule has 0 unspecified atom stereocenters. The first-order valence-electron chi connectivity index (χ1n) is 6.19. The van der Waals surface area contributed by atoms with Gasteiger partial charge in [0.2, 0.25) is 0 Å². The number of hydrogen-bond donors (Lipinski definition) is 1. The molecule has 4 heteroatoms. The van der Waals surface area contributed by atoms with Gasteiger partial charge in [0, 0.05) is 0 Å². The number of carbonyl (C=O) groups is 1. The molecule has 0 aromatic rings. The SMILES string of the molecule is C=C(C(=O)OC)[C@@H]1CC[C@H](C[C@H](O)CCC)O1. The minimum absolute atomic E-state index is 0.0305. The molecule has 3 atom stereocenters. The molecule has 0 aromatic heterocycles. The molecule has 1 aliphatic rings. The standard InChI is InChI=1S/C13H22O4/c1-4-5-10(14)8-11-6-7-12(17-11)9(2)13(15)16-3/h10-12,14H,2,4-8H2,1,3H3/t10-,11-,12+/m1/s1. The number of ether oxygens (including phenoxy) is 2. The molecule has 1 fully saturated rings. The van der Waals surface area contributed by atoms with Crippen molar-refractivity contribution in [1.82, 2.24) is 0 Å². The van der Waals surface area contributed by atoms with Crippen molar-refractivity contribution < 1.29 is 19.4 Å². The van der Waals surface area contributed by atoms with Crippen molar-refractivity contribution in [3.05, 3.63) is 12.2 Å². The van der Waals surface area contributed by atoms with Crippen LogP contribution in [0.3, 0.4) is 0 Å². The second kappa shape index (κ2) is 6.77. The third-order valence-corrected chi connectivity index (χ3v) is 3.10. The lowest BCUT2D eigenvalue weighted by atomic mass is 10.0. The molecule has 0 aromatic carbocycles. The Morgan fingerprint density at radius 3 is 2.88 bits per heavy atom. The number of hydrogen-bond acceptors (Lipinski definition) is 4. The van der Waals surface area contributed by atoms with Gasteiger partial charge in [-0.15, -0.1) is 0 Å². The van der Waals surface area contributed by atoms with E-state index < -0.39 is 5.97 Å². The van der Waals surface area contributed by atoms with Crippen LogP contribution >= 0.6 is 0 Å². The summed E-state index contributed by atoms with van der Waals surface area (Å²) in [7, 11) is 1.34. The van der Waals surface area contributed by atoms with Gasteiger partial charge in [0.15, 0.2) is 0 Å². The highest BCUT2D eigenvalue weighted by Gasteiger charge is 2.31. The van der Waals surface area contributed by atoms with Gasteiger partial charge in [-0.1, -0.05) is 19.9 Å². The fourth-order valence-electron chi connectivity index (χ4n) is 2.15. The van der Waals surface area contributed by atoms with Crippen LogP contribution in [0.4, 0.5) is 0 Å². The molecule has 0 aliphatic carbocycles. The molecule has 4 nitrogen and oxygen atoms in total. The van der Waals surface area contributed by atoms with Crippen molar-refractivity contribution in [2.24, 2.45) is 0 Å². The summed E-state index contributed by atoms with van der Waals surface area (Å²) < 4.78 is 10.3. The predicted molar refractivity (Wildman–Crippen MR) is 64.6 cm³/mol. The Bertz CT molecular complexity index is 275. The van der Waals surface area contributed by atoms with Gasteiger partial charge >= 0.3 is 5.97 Å². The van der Waals surface area contributed by atoms with Gasteiger partial charge in [0.25, 0.3) is 0 Å². The Morgan fingerprint density at radius 2 is 2.29 bits per heavy atom. The first kappa shape index (κ1) is 14.2. The highest BCUT2D eigenvalue weighted by Crippen LogP contribution is 2.28. The van der Waals surface area contributed by atoms with E-state index in [1.54, 1.807) is 0 Å². The number of aliphatic hydroxyl groups excluding tert-OH is 1. The van der Waals surface area contributed by atoms with Crippen LogP contribution in [-0.2, 0) is 14.3 Å². The van der Waals surface area contributed by atoms with E-state index in [1.807, 2.05) is 6.92 Å². The van der Waals surface area contributed by atoms with E-state index in [1.165, 1.54) is 7.11 Å². The Labute approximate surface area is 103 Å². The minimum atomic E-state index is -0.412. The Hall–Kier alpha value is -0.870. The van der Waals surface area contributed by atoms with Crippen LogP contribution in [0.5, 0.6) is 0 Å². The summed E-state index contributed by atoms with van der Waals surface area (Å²) in [6.45, 7) is 5.74. The number of rotatable bonds is 6. The molecule has 1 saturated heterocycles. The van der Waals surface area contributed by atoms with Crippen LogP contribution in [0.25, 0.3) is 0 Å². The smallest absolute Gasteiger partial charge is 0.335 e. The van der Waals surface area contributed by atoms with Gasteiger partial charge < -0.3 is 14.6 Å². The number of esters is 1. The summed E-state index contributed by atoms with van der Waals surface area (Å²) in [5, 5.41) is 9.70. The molecule has 98 valence electrons. The van der Waals surface area contributed by atoms with E-state index in [0.29, 0.717) is 12.0 Å². The Kier molecular flexibility index (Phi) is 5.65. The predicted octanol–water partition coefficient (Wildman–Crippen LogP) is 1.81. The molecule has 1 heterocycles. The second-order valence-corrected chi connectivity index (χ2v) is 4.52. The Morgan fingerprint density at radius 1 is 1.59 bits per heavy atom. The minimum Gasteiger partial charge on any atom is -0.466 e. The molecule has 1 N–H and O–H groups in total. The lowest BCUT2D eigenvalue weighted by Gasteiger charge is -2.17. The second-order valence-electron chi connectivity index (χ2n) is 4.52. The van der Waals surface area contributed by atoms with Gasteiger partial charge in [-0.25, -0.2) is 4.79 Å². The monoisotopic (exact) mass is 242 g/mol. The fourth-order valence-corrected chi connectivity index (χ4v) is 2.15. The molecule has 1 aliphatic heterocycles. The zero-order valence-electron chi connectivity index (χ0n) is 10.6. The summed E-state index contributed by atoms with van der Waals surface area (Å²) in [6, 6.07) is 0. The maximum atomic E-state index is 11.3. The van der Waals surface area contributed by atoms with Crippen molar-refractivity contribution in [1.29, 1.82) is 0 Å². The topological polar surface area (TPSA) is 55.8 Å². The quantitative estimate of drug-likeness (QED) is 0.570. The van der Waals surface area contributed by atoms with Crippen LogP contribution in [0.1, 0.15) is 39.0 Å². The van der Waals surface area contributed by atoms with Crippen molar-refractivity contribution in [3.8, 4) is 0 Å². The molecule has 0 radical (unpaired) electrons. The zero-order chi connectivity index (χ0) is 12.8. The molecular formula is C13H22O4. The van der Waals surface area contributed by atoms with E-state index in [2.05, 4.69) is 11.3 Å². The maximum Gasteiger partial charge on any atom is 0.335 e. The average Bonchev–Trinajstić information content (AvgIpc) is 2.75. The highest BCUT2D eigenvalue weighted by molar-refractivity contribution is 5.88. The average molecular weight is 242 g/mol. The van der Waals surface area contributed by atoms with Crippen LogP contribution in [0, 0.1) is 0 Å². The molecule has 0 saturated carbocycles. The van der Waals surface area contributed by atoms with Crippen LogP contribution in [0.2, 0.25) is 0 Å². The zero-order valence-corrected chi connectivity index (χ0v) is 10.6. The molecule has 0 spiro atoms. The number of methoxy groups -OCH3 is 1. The number of carbonyl (C=O) groups excluding carboxylic acids is 1. The van der Waals surface area contributed by atoms with E-state index in [4.69, 9.17) is 4.74 Å². The fraction of sp³-hybridized carbons (Fsp3) is 0.769. The third kappa shape index (κ3) is 4.13. The van der Waals surface area contributed by atoms with Crippen LogP contribution < -0.4 is 0 Å². The van der Waals surface area contributed by atoms with Gasteiger partial charge in [-0.3, -0.25) is 0 Å². The van der Waals surface area contributed by atoms with Gasteiger partial charge in [-0.05, 0) is 25.7 Å². The van der Waals surface area contributed by atoms with E-state index in [0.717, 1.165) is 25.7 Å². The third-order valence-electron chi connectivity index (χ3n) is 3.10. The van der Waals surface area contributed by atoms with Crippen molar-refractivity contribution in [2.45, 2.75) is 57.3 Å². The van der Waals surface area contributed by atoms with Crippen molar-refractivity contribution >= 4 is 5.97 Å². The van der Waals surface area contributed by atoms with E-state index >= 15 is 0 Å². The van der Waals surface area contributed by atoms with Crippen LogP contribution in [0.15, 0.2) is 12.2 Å². The molecule has 0 amide bonds. The van der Waals surface area contributed by atoms with Gasteiger partial charge in [-0.2, -0.15) is 0 Å². The van der Waals surface area contributed by atoms with Crippen molar-refractivity contribution in [3.63, 3.8) is 0 Å². The summed E-state index contributed by atoms with van der Waals surface area (Å²) in [5.74, 6) is -0.412.